The average molecular weight is 273 g/mol. The number of nitrogens with zero attached hydrogens (tertiary/aromatic N) is 4. The predicted molar refractivity (Wildman–Crippen MR) is 71.1 cm³/mol. The fourth-order valence-corrected chi connectivity index (χ4v) is 2.50. The molecule has 7 heteroatoms. The Morgan fingerprint density at radius 2 is 2.11 bits per heavy atom. The molecule has 0 bridgehead atoms. The van der Waals surface area contributed by atoms with Crippen molar-refractivity contribution in [1.29, 1.82) is 0 Å². The van der Waals surface area contributed by atoms with Gasteiger partial charge in [-0.05, 0) is 24.3 Å². The Morgan fingerprint density at radius 1 is 1.26 bits per heavy atom. The third-order valence-electron chi connectivity index (χ3n) is 2.62. The van der Waals surface area contributed by atoms with E-state index in [0.29, 0.717) is 12.2 Å². The average Bonchev–Trinajstić information content (AvgIpc) is 3.11. The topological polar surface area (TPSA) is 76.6 Å². The molecule has 0 unspecified atom stereocenters. The Balaban J connectivity index is 1.80. The molecule has 0 atom stereocenters. The molecule has 96 valence electrons. The van der Waals surface area contributed by atoms with Crippen LogP contribution < -0.4 is 4.74 Å². The van der Waals surface area contributed by atoms with Gasteiger partial charge in [0.25, 0.3) is 0 Å². The second-order valence-electron chi connectivity index (χ2n) is 3.88. The Labute approximate surface area is 113 Å². The van der Waals surface area contributed by atoms with Gasteiger partial charge in [0.15, 0.2) is 5.82 Å². The van der Waals surface area contributed by atoms with Crippen LogP contribution in [0.2, 0.25) is 0 Å². The fraction of sp³-hybridized carbons (Fsp3) is 0.167. The lowest BCUT2D eigenvalue weighted by Crippen LogP contribution is -1.91. The van der Waals surface area contributed by atoms with Gasteiger partial charge in [0, 0.05) is 10.9 Å². The molecule has 3 aromatic rings. The Morgan fingerprint density at radius 3 is 2.79 bits per heavy atom. The second kappa shape index (κ2) is 5.15. The van der Waals surface area contributed by atoms with E-state index in [-0.39, 0.29) is 0 Å². The number of nitrogens with one attached hydrogen (secondary N) is 1. The molecule has 0 aliphatic heterocycles. The van der Waals surface area contributed by atoms with Gasteiger partial charge in [0.2, 0.25) is 0 Å². The Kier molecular flexibility index (Phi) is 3.20. The molecule has 0 saturated carbocycles. The number of hydrogen-bond donors (Lipinski definition) is 1. The number of methoxy groups -OCH3 is 1. The monoisotopic (exact) mass is 273 g/mol. The van der Waals surface area contributed by atoms with E-state index in [2.05, 4.69) is 25.6 Å². The summed E-state index contributed by atoms with van der Waals surface area (Å²) < 4.78 is 5.14. The zero-order valence-corrected chi connectivity index (χ0v) is 11.0. The van der Waals surface area contributed by atoms with Crippen LogP contribution in [-0.4, -0.2) is 32.7 Å². The lowest BCUT2D eigenvalue weighted by Gasteiger charge is -2.00. The molecular weight excluding hydrogens is 262 g/mol. The van der Waals surface area contributed by atoms with Crippen LogP contribution in [0.5, 0.6) is 5.75 Å². The number of thiazole rings is 1. The van der Waals surface area contributed by atoms with Crippen LogP contribution in [0.3, 0.4) is 0 Å². The van der Waals surface area contributed by atoms with Gasteiger partial charge in [-0.3, -0.25) is 0 Å². The van der Waals surface area contributed by atoms with E-state index in [1.165, 1.54) is 0 Å². The largest absolute Gasteiger partial charge is 0.497 e. The van der Waals surface area contributed by atoms with Crippen molar-refractivity contribution in [2.45, 2.75) is 6.42 Å². The van der Waals surface area contributed by atoms with E-state index in [4.69, 9.17) is 4.74 Å². The van der Waals surface area contributed by atoms with E-state index >= 15 is 0 Å². The normalized spacial score (nSPS) is 10.6. The maximum absolute atomic E-state index is 5.14. The van der Waals surface area contributed by atoms with Gasteiger partial charge in [-0.25, -0.2) is 4.98 Å². The number of rotatable bonds is 4. The molecule has 1 N–H and O–H groups in total. The second-order valence-corrected chi connectivity index (χ2v) is 4.74. The molecule has 1 aromatic carbocycles. The van der Waals surface area contributed by atoms with E-state index in [1.54, 1.807) is 18.4 Å². The number of H-pyrrole nitrogens is 1. The van der Waals surface area contributed by atoms with Crippen LogP contribution in [0.15, 0.2) is 29.6 Å². The highest BCUT2D eigenvalue weighted by Crippen LogP contribution is 2.26. The Bertz CT molecular complexity index is 647. The van der Waals surface area contributed by atoms with Gasteiger partial charge in [0.05, 0.1) is 19.2 Å². The highest BCUT2D eigenvalue weighted by atomic mass is 32.1. The first-order valence-electron chi connectivity index (χ1n) is 5.66. The summed E-state index contributed by atoms with van der Waals surface area (Å²) >= 11 is 1.60. The van der Waals surface area contributed by atoms with Crippen LogP contribution in [0.4, 0.5) is 0 Å². The summed E-state index contributed by atoms with van der Waals surface area (Å²) in [6, 6.07) is 7.84. The van der Waals surface area contributed by atoms with Gasteiger partial charge in [-0.2, -0.15) is 5.21 Å². The zero-order chi connectivity index (χ0) is 13.1. The van der Waals surface area contributed by atoms with Gasteiger partial charge < -0.3 is 4.74 Å². The minimum Gasteiger partial charge on any atom is -0.497 e. The number of tetrazole rings is 1. The van der Waals surface area contributed by atoms with Gasteiger partial charge >= 0.3 is 0 Å². The molecule has 0 radical (unpaired) electrons. The SMILES string of the molecule is COc1ccc(-c2nc(Cc3nn[nH]n3)cs2)cc1. The van der Waals surface area contributed by atoms with Crippen LogP contribution in [0, 0.1) is 0 Å². The van der Waals surface area contributed by atoms with Gasteiger partial charge in [0.1, 0.15) is 10.8 Å². The maximum Gasteiger partial charge on any atom is 0.180 e. The van der Waals surface area contributed by atoms with Crippen LogP contribution in [0.1, 0.15) is 11.5 Å². The number of hydrogen-bond acceptors (Lipinski definition) is 6. The van der Waals surface area contributed by atoms with Gasteiger partial charge in [-0.15, -0.1) is 21.5 Å². The summed E-state index contributed by atoms with van der Waals surface area (Å²) in [6.45, 7) is 0. The predicted octanol–water partition coefficient (Wildman–Crippen LogP) is 1.92. The third kappa shape index (κ3) is 2.60. The van der Waals surface area contributed by atoms with E-state index < -0.39 is 0 Å². The van der Waals surface area contributed by atoms with Crippen molar-refractivity contribution in [2.24, 2.45) is 0 Å². The fourth-order valence-electron chi connectivity index (χ4n) is 1.67. The summed E-state index contributed by atoms with van der Waals surface area (Å²) in [7, 11) is 1.65. The highest BCUT2D eigenvalue weighted by Gasteiger charge is 2.07. The van der Waals surface area contributed by atoms with Crippen molar-refractivity contribution < 1.29 is 4.74 Å². The van der Waals surface area contributed by atoms with Crippen molar-refractivity contribution in [3.8, 4) is 16.3 Å². The summed E-state index contributed by atoms with van der Waals surface area (Å²) in [4.78, 5) is 4.57. The number of ether oxygens (including phenoxy) is 1. The van der Waals surface area contributed by atoms with Crippen LogP contribution >= 0.6 is 11.3 Å². The zero-order valence-electron chi connectivity index (χ0n) is 10.2. The summed E-state index contributed by atoms with van der Waals surface area (Å²) in [5, 5.41) is 16.8. The first kappa shape index (κ1) is 11.8. The molecule has 0 amide bonds. The minimum absolute atomic E-state index is 0.586. The first-order valence-corrected chi connectivity index (χ1v) is 6.54. The molecular formula is C12H11N5OS. The van der Waals surface area contributed by atoms with Gasteiger partial charge in [-0.1, -0.05) is 5.21 Å². The minimum atomic E-state index is 0.586. The van der Waals surface area contributed by atoms with E-state index in [0.717, 1.165) is 22.0 Å². The number of benzene rings is 1. The molecule has 3 rings (SSSR count). The van der Waals surface area contributed by atoms with E-state index in [9.17, 15) is 0 Å². The van der Waals surface area contributed by atoms with Crippen molar-refractivity contribution in [1.82, 2.24) is 25.6 Å². The number of aromatic amines is 1. The van der Waals surface area contributed by atoms with Crippen molar-refractivity contribution >= 4 is 11.3 Å². The molecule has 19 heavy (non-hydrogen) atoms. The standard InChI is InChI=1S/C12H11N5OS/c1-18-10-4-2-8(3-5-10)12-13-9(7-19-12)6-11-14-16-17-15-11/h2-5,7H,6H2,1H3,(H,14,15,16,17). The van der Waals surface area contributed by atoms with Crippen molar-refractivity contribution in [2.75, 3.05) is 7.11 Å². The highest BCUT2D eigenvalue weighted by molar-refractivity contribution is 7.13. The van der Waals surface area contributed by atoms with Crippen molar-refractivity contribution in [3.63, 3.8) is 0 Å². The molecule has 0 fully saturated rings. The third-order valence-corrected chi connectivity index (χ3v) is 3.56. The smallest absolute Gasteiger partial charge is 0.180 e. The molecule has 2 heterocycles. The summed E-state index contributed by atoms with van der Waals surface area (Å²) in [5.74, 6) is 1.49. The summed E-state index contributed by atoms with van der Waals surface area (Å²) in [6.07, 6.45) is 0.586. The van der Waals surface area contributed by atoms with E-state index in [1.807, 2.05) is 29.6 Å². The van der Waals surface area contributed by atoms with Crippen LogP contribution in [-0.2, 0) is 6.42 Å². The quantitative estimate of drug-likeness (QED) is 0.786. The molecule has 0 saturated heterocycles. The molecule has 6 nitrogen and oxygen atoms in total. The molecule has 0 spiro atoms. The van der Waals surface area contributed by atoms with Crippen molar-refractivity contribution in [3.05, 3.63) is 41.2 Å². The number of aromatic nitrogens is 5. The Hall–Kier alpha value is -2.28. The maximum atomic E-state index is 5.14. The first-order chi connectivity index (χ1) is 9.35. The lowest BCUT2D eigenvalue weighted by molar-refractivity contribution is 0.415. The molecule has 0 aliphatic rings. The molecule has 0 aliphatic carbocycles. The molecule has 2 aromatic heterocycles. The lowest BCUT2D eigenvalue weighted by atomic mass is 10.2. The van der Waals surface area contributed by atoms with Crippen LogP contribution in [0.25, 0.3) is 10.6 Å². The summed E-state index contributed by atoms with van der Waals surface area (Å²) in [5.41, 5.74) is 2.02.